The molecule has 0 atom stereocenters. The number of benzene rings is 1. The summed E-state index contributed by atoms with van der Waals surface area (Å²) in [6, 6.07) is 6.78. The second-order valence-electron chi connectivity index (χ2n) is 3.83. The largest absolute Gasteiger partial charge is 0.359 e. The third-order valence-electron chi connectivity index (χ3n) is 2.25. The van der Waals surface area contributed by atoms with E-state index in [2.05, 4.69) is 0 Å². The molecule has 0 aliphatic carbocycles. The van der Waals surface area contributed by atoms with Gasteiger partial charge in [-0.1, -0.05) is 23.8 Å². The molecule has 0 aromatic heterocycles. The van der Waals surface area contributed by atoms with Gasteiger partial charge >= 0.3 is 0 Å². The molecule has 0 bridgehead atoms. The first-order valence-electron chi connectivity index (χ1n) is 5.61. The van der Waals surface area contributed by atoms with Gasteiger partial charge in [-0.05, 0) is 25.5 Å². The highest BCUT2D eigenvalue weighted by Gasteiger charge is 2.08. The van der Waals surface area contributed by atoms with Crippen molar-refractivity contribution in [2.75, 3.05) is 20.5 Å². The fraction of sp³-hybridized carbons (Fsp3) is 0.385. The fourth-order valence-corrected chi connectivity index (χ4v) is 2.36. The van der Waals surface area contributed by atoms with Crippen LogP contribution in [0.25, 0.3) is 0 Å². The predicted octanol–water partition coefficient (Wildman–Crippen LogP) is 2.29. The molecule has 0 amide bonds. The number of sulfone groups is 1. The van der Waals surface area contributed by atoms with E-state index in [1.807, 2.05) is 6.92 Å². The van der Waals surface area contributed by atoms with Crippen LogP contribution in [0.3, 0.4) is 0 Å². The van der Waals surface area contributed by atoms with Crippen molar-refractivity contribution in [3.8, 4) is 0 Å². The molecular weight excluding hydrogens is 252 g/mol. The van der Waals surface area contributed by atoms with Crippen LogP contribution in [-0.4, -0.2) is 28.9 Å². The van der Waals surface area contributed by atoms with Crippen molar-refractivity contribution < 1.29 is 17.9 Å². The van der Waals surface area contributed by atoms with Crippen molar-refractivity contribution in [1.82, 2.24) is 0 Å². The second-order valence-corrected chi connectivity index (χ2v) is 5.67. The lowest BCUT2D eigenvalue weighted by atomic mass is 10.2. The highest BCUT2D eigenvalue weighted by atomic mass is 32.2. The molecule has 0 spiro atoms. The SMILES string of the molecule is COCOCC/C=C/S(=O)(=O)c1ccc(C)cc1. The van der Waals surface area contributed by atoms with Crippen LogP contribution in [0, 0.1) is 6.92 Å². The first kappa shape index (κ1) is 14.9. The van der Waals surface area contributed by atoms with Crippen LogP contribution in [-0.2, 0) is 19.3 Å². The number of methoxy groups -OCH3 is 1. The molecule has 1 aromatic carbocycles. The van der Waals surface area contributed by atoms with E-state index in [1.54, 1.807) is 30.3 Å². The maximum absolute atomic E-state index is 11.9. The lowest BCUT2D eigenvalue weighted by Gasteiger charge is -2.00. The Morgan fingerprint density at radius 3 is 2.50 bits per heavy atom. The Morgan fingerprint density at radius 2 is 1.89 bits per heavy atom. The van der Waals surface area contributed by atoms with Crippen LogP contribution in [0.1, 0.15) is 12.0 Å². The van der Waals surface area contributed by atoms with Gasteiger partial charge in [0.05, 0.1) is 11.5 Å². The van der Waals surface area contributed by atoms with E-state index in [0.29, 0.717) is 17.9 Å². The third kappa shape index (κ3) is 5.00. The zero-order valence-corrected chi connectivity index (χ0v) is 11.4. The van der Waals surface area contributed by atoms with Crippen molar-refractivity contribution in [2.45, 2.75) is 18.2 Å². The van der Waals surface area contributed by atoms with Crippen LogP contribution < -0.4 is 0 Å². The molecule has 1 aromatic rings. The molecule has 100 valence electrons. The number of hydrogen-bond acceptors (Lipinski definition) is 4. The molecule has 0 N–H and O–H groups in total. The molecule has 0 radical (unpaired) electrons. The average Bonchev–Trinajstić information content (AvgIpc) is 2.34. The van der Waals surface area contributed by atoms with Gasteiger partial charge in [0.15, 0.2) is 9.84 Å². The van der Waals surface area contributed by atoms with E-state index >= 15 is 0 Å². The third-order valence-corrected chi connectivity index (χ3v) is 3.73. The van der Waals surface area contributed by atoms with Gasteiger partial charge < -0.3 is 9.47 Å². The minimum absolute atomic E-state index is 0.221. The highest BCUT2D eigenvalue weighted by molar-refractivity contribution is 7.94. The topological polar surface area (TPSA) is 52.6 Å². The van der Waals surface area contributed by atoms with Crippen molar-refractivity contribution in [1.29, 1.82) is 0 Å². The molecule has 0 unspecified atom stereocenters. The first-order valence-corrected chi connectivity index (χ1v) is 7.16. The molecule has 0 heterocycles. The summed E-state index contributed by atoms with van der Waals surface area (Å²) in [6.07, 6.45) is 2.12. The summed E-state index contributed by atoms with van der Waals surface area (Å²) in [7, 11) is -1.80. The van der Waals surface area contributed by atoms with E-state index in [0.717, 1.165) is 5.56 Å². The normalized spacial score (nSPS) is 12.1. The molecule has 1 rings (SSSR count). The Bertz CT molecular complexity index is 474. The van der Waals surface area contributed by atoms with E-state index < -0.39 is 9.84 Å². The van der Waals surface area contributed by atoms with E-state index in [4.69, 9.17) is 9.47 Å². The first-order chi connectivity index (χ1) is 8.56. The molecule has 4 nitrogen and oxygen atoms in total. The van der Waals surface area contributed by atoms with Crippen LogP contribution in [0.4, 0.5) is 0 Å². The summed E-state index contributed by atoms with van der Waals surface area (Å²) in [4.78, 5) is 0.308. The average molecular weight is 270 g/mol. The van der Waals surface area contributed by atoms with Gasteiger partial charge in [0.2, 0.25) is 0 Å². The molecule has 0 fully saturated rings. The zero-order chi connectivity index (χ0) is 13.4. The number of ether oxygens (including phenoxy) is 2. The zero-order valence-electron chi connectivity index (χ0n) is 10.6. The summed E-state index contributed by atoms with van der Waals surface area (Å²) in [5.41, 5.74) is 1.03. The van der Waals surface area contributed by atoms with E-state index in [1.165, 1.54) is 12.5 Å². The molecular formula is C13H18O4S. The monoisotopic (exact) mass is 270 g/mol. The summed E-state index contributed by atoms with van der Waals surface area (Å²) in [5, 5.41) is 1.22. The van der Waals surface area contributed by atoms with Gasteiger partial charge in [0.25, 0.3) is 0 Å². The van der Waals surface area contributed by atoms with Crippen LogP contribution >= 0.6 is 0 Å². The molecule has 0 aliphatic heterocycles. The predicted molar refractivity (Wildman–Crippen MR) is 69.9 cm³/mol. The minimum atomic E-state index is -3.34. The lowest BCUT2D eigenvalue weighted by Crippen LogP contribution is -1.98. The van der Waals surface area contributed by atoms with Gasteiger partial charge in [-0.3, -0.25) is 0 Å². The van der Waals surface area contributed by atoms with E-state index in [9.17, 15) is 8.42 Å². The van der Waals surface area contributed by atoms with Gasteiger partial charge in [0, 0.05) is 12.5 Å². The van der Waals surface area contributed by atoms with Crippen molar-refractivity contribution >= 4 is 9.84 Å². The van der Waals surface area contributed by atoms with Gasteiger partial charge in [-0.2, -0.15) is 0 Å². The molecule has 0 saturated heterocycles. The van der Waals surface area contributed by atoms with Crippen LogP contribution in [0.2, 0.25) is 0 Å². The highest BCUT2D eigenvalue weighted by Crippen LogP contribution is 2.13. The Hall–Kier alpha value is -1.17. The standard InChI is InChI=1S/C13H18O4S/c1-12-5-7-13(8-6-12)18(14,15)10-4-3-9-17-11-16-2/h4-8,10H,3,9,11H2,1-2H3/b10-4+. The quantitative estimate of drug-likeness (QED) is 0.563. The van der Waals surface area contributed by atoms with Crippen molar-refractivity contribution in [2.24, 2.45) is 0 Å². The van der Waals surface area contributed by atoms with Gasteiger partial charge in [-0.25, -0.2) is 8.42 Å². The van der Waals surface area contributed by atoms with Gasteiger partial charge in [-0.15, -0.1) is 0 Å². The summed E-state index contributed by atoms with van der Waals surface area (Å²) >= 11 is 0. The summed E-state index contributed by atoms with van der Waals surface area (Å²) in [5.74, 6) is 0. The maximum Gasteiger partial charge on any atom is 0.199 e. The Labute approximate surface area is 108 Å². The molecule has 0 saturated carbocycles. The summed E-state index contributed by atoms with van der Waals surface area (Å²) in [6.45, 7) is 2.58. The van der Waals surface area contributed by atoms with Crippen molar-refractivity contribution in [3.05, 3.63) is 41.3 Å². The lowest BCUT2D eigenvalue weighted by molar-refractivity contribution is -0.0285. The molecule has 18 heavy (non-hydrogen) atoms. The smallest absolute Gasteiger partial charge is 0.199 e. The maximum atomic E-state index is 11.9. The fourth-order valence-electron chi connectivity index (χ4n) is 1.29. The minimum Gasteiger partial charge on any atom is -0.359 e. The number of rotatable bonds is 7. The summed E-state index contributed by atoms with van der Waals surface area (Å²) < 4.78 is 33.5. The second kappa shape index (κ2) is 7.31. The van der Waals surface area contributed by atoms with Gasteiger partial charge in [0.1, 0.15) is 6.79 Å². The number of aryl methyl sites for hydroxylation is 1. The number of hydrogen-bond donors (Lipinski definition) is 0. The van der Waals surface area contributed by atoms with Crippen LogP contribution in [0.15, 0.2) is 40.6 Å². The molecule has 0 aliphatic rings. The van der Waals surface area contributed by atoms with E-state index in [-0.39, 0.29) is 6.79 Å². The van der Waals surface area contributed by atoms with Crippen LogP contribution in [0.5, 0.6) is 0 Å². The van der Waals surface area contributed by atoms with Crippen molar-refractivity contribution in [3.63, 3.8) is 0 Å². The Kier molecular flexibility index (Phi) is 6.04. The Balaban J connectivity index is 2.54. The Morgan fingerprint density at radius 1 is 1.22 bits per heavy atom. The molecule has 5 heteroatoms.